The molecule has 146 valence electrons. The molecular formula is C20H34N4OS. The third-order valence-corrected chi connectivity index (χ3v) is 5.88. The lowest BCUT2D eigenvalue weighted by molar-refractivity contribution is 0.187. The molecule has 0 aliphatic carbocycles. The van der Waals surface area contributed by atoms with Crippen LogP contribution >= 0.6 is 0 Å². The van der Waals surface area contributed by atoms with Crippen LogP contribution in [0.3, 0.4) is 0 Å². The molecule has 0 saturated carbocycles. The number of nitrogens with one attached hydrogen (secondary N) is 2. The van der Waals surface area contributed by atoms with E-state index in [4.69, 9.17) is 0 Å². The molecule has 0 spiro atoms. The minimum absolute atomic E-state index is 0.472. The van der Waals surface area contributed by atoms with Crippen molar-refractivity contribution in [2.75, 3.05) is 39.0 Å². The second-order valence-electron chi connectivity index (χ2n) is 7.39. The van der Waals surface area contributed by atoms with Gasteiger partial charge in [0.25, 0.3) is 0 Å². The summed E-state index contributed by atoms with van der Waals surface area (Å²) < 4.78 is 12.2. The minimum atomic E-state index is -0.859. The quantitative estimate of drug-likeness (QED) is 0.538. The number of guanidine groups is 1. The van der Waals surface area contributed by atoms with Gasteiger partial charge in [-0.25, -0.2) is 0 Å². The highest BCUT2D eigenvalue weighted by atomic mass is 32.2. The molecule has 26 heavy (non-hydrogen) atoms. The van der Waals surface area contributed by atoms with E-state index in [9.17, 15) is 4.21 Å². The Labute approximate surface area is 161 Å². The van der Waals surface area contributed by atoms with Crippen LogP contribution in [0.4, 0.5) is 0 Å². The van der Waals surface area contributed by atoms with E-state index in [1.54, 1.807) is 7.05 Å². The van der Waals surface area contributed by atoms with Crippen LogP contribution in [-0.4, -0.2) is 60.1 Å². The van der Waals surface area contributed by atoms with E-state index in [1.807, 2.05) is 30.3 Å². The van der Waals surface area contributed by atoms with Crippen molar-refractivity contribution in [3.63, 3.8) is 0 Å². The molecule has 1 unspecified atom stereocenters. The smallest absolute Gasteiger partial charge is 0.191 e. The van der Waals surface area contributed by atoms with Crippen molar-refractivity contribution in [1.82, 2.24) is 15.5 Å². The lowest BCUT2D eigenvalue weighted by Crippen LogP contribution is -2.49. The summed E-state index contributed by atoms with van der Waals surface area (Å²) >= 11 is 0. The first-order valence-corrected chi connectivity index (χ1v) is 11.1. The SMILES string of the molecule is CN=C(NCCS(=O)Cc1ccccc1)NC1CCN(CC(C)C)CC1. The molecule has 0 bridgehead atoms. The molecular weight excluding hydrogens is 344 g/mol. The fourth-order valence-corrected chi connectivity index (χ4v) is 4.32. The number of hydrogen-bond acceptors (Lipinski definition) is 3. The van der Waals surface area contributed by atoms with E-state index in [0.29, 0.717) is 24.1 Å². The predicted octanol–water partition coefficient (Wildman–Crippen LogP) is 2.22. The van der Waals surface area contributed by atoms with Gasteiger partial charge in [-0.1, -0.05) is 44.2 Å². The molecule has 1 aliphatic rings. The zero-order valence-corrected chi connectivity index (χ0v) is 17.2. The van der Waals surface area contributed by atoms with Crippen molar-refractivity contribution in [3.8, 4) is 0 Å². The Morgan fingerprint density at radius 2 is 1.96 bits per heavy atom. The predicted molar refractivity (Wildman–Crippen MR) is 112 cm³/mol. The first kappa shape index (κ1) is 20.9. The monoisotopic (exact) mass is 378 g/mol. The number of hydrogen-bond donors (Lipinski definition) is 2. The van der Waals surface area contributed by atoms with Gasteiger partial charge in [0.15, 0.2) is 5.96 Å². The van der Waals surface area contributed by atoms with Gasteiger partial charge < -0.3 is 15.5 Å². The summed E-state index contributed by atoms with van der Waals surface area (Å²) in [6.07, 6.45) is 2.29. The average Bonchev–Trinajstić information content (AvgIpc) is 2.62. The summed E-state index contributed by atoms with van der Waals surface area (Å²) in [6.45, 7) is 8.70. The Morgan fingerprint density at radius 3 is 2.58 bits per heavy atom. The van der Waals surface area contributed by atoms with Gasteiger partial charge in [0.2, 0.25) is 0 Å². The zero-order chi connectivity index (χ0) is 18.8. The van der Waals surface area contributed by atoms with Crippen LogP contribution in [0.1, 0.15) is 32.3 Å². The second kappa shape index (κ2) is 11.3. The van der Waals surface area contributed by atoms with Crippen LogP contribution < -0.4 is 10.6 Å². The van der Waals surface area contributed by atoms with Crippen molar-refractivity contribution >= 4 is 16.8 Å². The van der Waals surface area contributed by atoms with Crippen LogP contribution in [-0.2, 0) is 16.6 Å². The second-order valence-corrected chi connectivity index (χ2v) is 8.96. The lowest BCUT2D eigenvalue weighted by atomic mass is 10.0. The number of likely N-dealkylation sites (tertiary alicyclic amines) is 1. The van der Waals surface area contributed by atoms with E-state index >= 15 is 0 Å². The van der Waals surface area contributed by atoms with E-state index in [0.717, 1.165) is 43.4 Å². The molecule has 2 rings (SSSR count). The molecule has 1 fully saturated rings. The van der Waals surface area contributed by atoms with Gasteiger partial charge in [-0.05, 0) is 24.3 Å². The average molecular weight is 379 g/mol. The number of nitrogens with zero attached hydrogens (tertiary/aromatic N) is 2. The lowest BCUT2D eigenvalue weighted by Gasteiger charge is -2.33. The van der Waals surface area contributed by atoms with Crippen LogP contribution in [0.2, 0.25) is 0 Å². The normalized spacial score (nSPS) is 18.1. The first-order chi connectivity index (χ1) is 12.6. The third kappa shape index (κ3) is 7.87. The van der Waals surface area contributed by atoms with Gasteiger partial charge in [-0.3, -0.25) is 9.20 Å². The highest BCUT2D eigenvalue weighted by Gasteiger charge is 2.20. The summed E-state index contributed by atoms with van der Waals surface area (Å²) in [5.74, 6) is 2.79. The standard InChI is InChI=1S/C20H34N4OS/c1-17(2)15-24-12-9-19(10-13-24)23-20(21-3)22-11-14-26(25)16-18-7-5-4-6-8-18/h4-8,17,19H,9-16H2,1-3H3,(H2,21,22,23). The molecule has 0 aromatic heterocycles. The van der Waals surface area contributed by atoms with E-state index in [-0.39, 0.29) is 0 Å². The largest absolute Gasteiger partial charge is 0.355 e. The minimum Gasteiger partial charge on any atom is -0.355 e. The maximum Gasteiger partial charge on any atom is 0.191 e. The molecule has 1 aromatic rings. The Hall–Kier alpha value is -1.40. The summed E-state index contributed by atoms with van der Waals surface area (Å²) in [7, 11) is 0.937. The van der Waals surface area contributed by atoms with Crippen molar-refractivity contribution in [1.29, 1.82) is 0 Å². The maximum atomic E-state index is 12.2. The van der Waals surface area contributed by atoms with Gasteiger partial charge in [-0.15, -0.1) is 0 Å². The van der Waals surface area contributed by atoms with Crippen molar-refractivity contribution in [3.05, 3.63) is 35.9 Å². The van der Waals surface area contributed by atoms with Crippen molar-refractivity contribution < 1.29 is 4.21 Å². The van der Waals surface area contributed by atoms with Crippen molar-refractivity contribution in [2.24, 2.45) is 10.9 Å². The molecule has 1 heterocycles. The Balaban J connectivity index is 1.64. The number of benzene rings is 1. The Bertz CT molecular complexity index is 568. The van der Waals surface area contributed by atoms with Crippen LogP contribution in [0.25, 0.3) is 0 Å². The summed E-state index contributed by atoms with van der Waals surface area (Å²) in [4.78, 5) is 6.86. The van der Waals surface area contributed by atoms with E-state index in [1.165, 1.54) is 6.54 Å². The van der Waals surface area contributed by atoms with Crippen LogP contribution in [0.15, 0.2) is 35.3 Å². The molecule has 5 nitrogen and oxygen atoms in total. The maximum absolute atomic E-state index is 12.2. The molecule has 0 amide bonds. The molecule has 1 atom stereocenters. The van der Waals surface area contributed by atoms with E-state index in [2.05, 4.69) is 34.4 Å². The summed E-state index contributed by atoms with van der Waals surface area (Å²) in [6, 6.07) is 10.5. The first-order valence-electron chi connectivity index (χ1n) is 9.65. The molecule has 0 radical (unpaired) electrons. The fraction of sp³-hybridized carbons (Fsp3) is 0.650. The highest BCUT2D eigenvalue weighted by Crippen LogP contribution is 2.12. The molecule has 2 N–H and O–H groups in total. The van der Waals surface area contributed by atoms with Gasteiger partial charge in [0.1, 0.15) is 0 Å². The number of rotatable bonds is 8. The summed E-state index contributed by atoms with van der Waals surface area (Å²) in [5, 5.41) is 6.83. The van der Waals surface area contributed by atoms with Crippen molar-refractivity contribution in [2.45, 2.75) is 38.5 Å². The molecule has 1 aromatic carbocycles. The molecule has 1 aliphatic heterocycles. The highest BCUT2D eigenvalue weighted by molar-refractivity contribution is 7.84. The Morgan fingerprint density at radius 1 is 1.27 bits per heavy atom. The van der Waals surface area contributed by atoms with Gasteiger partial charge in [0.05, 0.1) is 0 Å². The van der Waals surface area contributed by atoms with E-state index < -0.39 is 10.8 Å². The number of aliphatic imine (C=N–C) groups is 1. The van der Waals surface area contributed by atoms with Gasteiger partial charge >= 0.3 is 0 Å². The topological polar surface area (TPSA) is 56.7 Å². The fourth-order valence-electron chi connectivity index (χ4n) is 3.28. The molecule has 1 saturated heterocycles. The van der Waals surface area contributed by atoms with Gasteiger partial charge in [0, 0.05) is 61.6 Å². The third-order valence-electron chi connectivity index (χ3n) is 4.57. The Kier molecular flexibility index (Phi) is 9.12. The zero-order valence-electron chi connectivity index (χ0n) is 16.4. The van der Waals surface area contributed by atoms with Crippen LogP contribution in [0.5, 0.6) is 0 Å². The summed E-state index contributed by atoms with van der Waals surface area (Å²) in [5.41, 5.74) is 1.13. The van der Waals surface area contributed by atoms with Gasteiger partial charge in [-0.2, -0.15) is 0 Å². The van der Waals surface area contributed by atoms with Crippen LogP contribution in [0, 0.1) is 5.92 Å². The molecule has 6 heteroatoms. The number of piperidine rings is 1.